The van der Waals surface area contributed by atoms with Crippen LogP contribution in [0, 0.1) is 0 Å². The normalized spacial score (nSPS) is 10.7. The van der Waals surface area contributed by atoms with Crippen LogP contribution in [0.3, 0.4) is 0 Å². The Morgan fingerprint density at radius 1 is 0.970 bits per heavy atom. The Hall–Kier alpha value is -3.68. The van der Waals surface area contributed by atoms with E-state index in [9.17, 15) is 14.4 Å². The van der Waals surface area contributed by atoms with Crippen molar-refractivity contribution in [2.45, 2.75) is 46.1 Å². The Labute approximate surface area is 192 Å². The summed E-state index contributed by atoms with van der Waals surface area (Å²) < 4.78 is 12.0. The van der Waals surface area contributed by atoms with Crippen LogP contribution in [-0.2, 0) is 16.1 Å². The molecule has 0 aliphatic heterocycles. The van der Waals surface area contributed by atoms with Gasteiger partial charge in [-0.25, -0.2) is 9.48 Å². The number of hydrogen-bond donors (Lipinski definition) is 1. The molecule has 0 aliphatic rings. The predicted octanol–water partition coefficient (Wildman–Crippen LogP) is 4.17. The maximum Gasteiger partial charge on any atom is 0.359 e. The first-order valence-corrected chi connectivity index (χ1v) is 11.2. The molecule has 0 atom stereocenters. The summed E-state index contributed by atoms with van der Waals surface area (Å²) in [5.41, 5.74) is 0.261. The van der Waals surface area contributed by atoms with Gasteiger partial charge in [-0.15, -0.1) is 0 Å². The molecule has 0 unspecified atom stereocenters. The molecule has 0 bridgehead atoms. The standard InChI is InChI=1S/C25H29N3O5/c1-3-5-6-11-16-28-24(30)19-13-8-7-12-18(19)23(27-28)25(31)33-17-22(29)26-20-14-9-10-15-21(20)32-4-2/h7-10,12-15H,3-6,11,16-17H2,1-2H3,(H,26,29). The number of carbonyl (C=O) groups excluding carboxylic acids is 2. The first-order valence-electron chi connectivity index (χ1n) is 11.2. The largest absolute Gasteiger partial charge is 0.492 e. The van der Waals surface area contributed by atoms with Crippen LogP contribution >= 0.6 is 0 Å². The Bertz CT molecular complexity index is 1170. The number of fused-ring (bicyclic) bond motifs is 1. The summed E-state index contributed by atoms with van der Waals surface area (Å²) >= 11 is 0. The lowest BCUT2D eigenvalue weighted by Crippen LogP contribution is -2.28. The molecule has 0 fully saturated rings. The summed E-state index contributed by atoms with van der Waals surface area (Å²) in [6, 6.07) is 13.8. The molecule has 1 heterocycles. The second kappa shape index (κ2) is 11.8. The summed E-state index contributed by atoms with van der Waals surface area (Å²) in [4.78, 5) is 38.0. The van der Waals surface area contributed by atoms with Crippen molar-refractivity contribution in [3.8, 4) is 5.75 Å². The second-order valence-corrected chi connectivity index (χ2v) is 7.54. The molecule has 0 radical (unpaired) electrons. The van der Waals surface area contributed by atoms with Crippen molar-refractivity contribution in [2.75, 3.05) is 18.5 Å². The Balaban J connectivity index is 1.74. The maximum atomic E-state index is 12.8. The lowest BCUT2D eigenvalue weighted by molar-refractivity contribution is -0.119. The van der Waals surface area contributed by atoms with E-state index >= 15 is 0 Å². The number of hydrogen-bond acceptors (Lipinski definition) is 6. The quantitative estimate of drug-likeness (QED) is 0.347. The summed E-state index contributed by atoms with van der Waals surface area (Å²) in [6.07, 6.45) is 3.91. The minimum atomic E-state index is -0.762. The number of para-hydroxylation sites is 2. The molecular weight excluding hydrogens is 422 g/mol. The Morgan fingerprint density at radius 3 is 2.45 bits per heavy atom. The summed E-state index contributed by atoms with van der Waals surface area (Å²) in [5, 5.41) is 7.75. The van der Waals surface area contributed by atoms with E-state index in [2.05, 4.69) is 17.3 Å². The number of nitrogens with one attached hydrogen (secondary N) is 1. The van der Waals surface area contributed by atoms with E-state index in [0.717, 1.165) is 25.7 Å². The van der Waals surface area contributed by atoms with Crippen LogP contribution in [0.4, 0.5) is 5.69 Å². The summed E-state index contributed by atoms with van der Waals surface area (Å²) in [7, 11) is 0. The van der Waals surface area contributed by atoms with E-state index in [0.29, 0.717) is 35.4 Å². The number of aromatic nitrogens is 2. The first kappa shape index (κ1) is 24.0. The molecule has 1 aromatic heterocycles. The van der Waals surface area contributed by atoms with Crippen molar-refractivity contribution >= 4 is 28.3 Å². The molecule has 1 amide bonds. The zero-order chi connectivity index (χ0) is 23.6. The van der Waals surface area contributed by atoms with Gasteiger partial charge >= 0.3 is 5.97 Å². The third kappa shape index (κ3) is 6.19. The number of amides is 1. The number of ether oxygens (including phenoxy) is 2. The van der Waals surface area contributed by atoms with Gasteiger partial charge in [-0.1, -0.05) is 56.5 Å². The molecule has 2 aromatic carbocycles. The monoisotopic (exact) mass is 451 g/mol. The maximum absolute atomic E-state index is 12.8. The molecule has 0 spiro atoms. The van der Waals surface area contributed by atoms with Gasteiger partial charge in [0.05, 0.1) is 17.7 Å². The van der Waals surface area contributed by atoms with Crippen LogP contribution in [0.25, 0.3) is 10.8 Å². The van der Waals surface area contributed by atoms with Crippen LogP contribution in [0.2, 0.25) is 0 Å². The zero-order valence-corrected chi connectivity index (χ0v) is 19.0. The minimum Gasteiger partial charge on any atom is -0.492 e. The van der Waals surface area contributed by atoms with Crippen LogP contribution in [0.15, 0.2) is 53.3 Å². The number of esters is 1. The molecule has 8 nitrogen and oxygen atoms in total. The molecule has 8 heteroatoms. The van der Waals surface area contributed by atoms with Crippen molar-refractivity contribution in [2.24, 2.45) is 0 Å². The van der Waals surface area contributed by atoms with Gasteiger partial charge in [0.2, 0.25) is 0 Å². The van der Waals surface area contributed by atoms with E-state index in [1.807, 2.05) is 6.92 Å². The number of carbonyl (C=O) groups is 2. The average Bonchev–Trinajstić information content (AvgIpc) is 2.83. The fourth-order valence-electron chi connectivity index (χ4n) is 3.46. The highest BCUT2D eigenvalue weighted by Gasteiger charge is 2.19. The van der Waals surface area contributed by atoms with Gasteiger partial charge in [-0.2, -0.15) is 5.10 Å². The molecule has 0 saturated carbocycles. The van der Waals surface area contributed by atoms with E-state index in [1.54, 1.807) is 48.5 Å². The number of aryl methyl sites for hydroxylation is 1. The molecular formula is C25H29N3O5. The lowest BCUT2D eigenvalue weighted by atomic mass is 10.1. The number of anilines is 1. The van der Waals surface area contributed by atoms with Crippen LogP contribution < -0.4 is 15.6 Å². The third-order valence-corrected chi connectivity index (χ3v) is 5.08. The van der Waals surface area contributed by atoms with Crippen molar-refractivity contribution in [1.82, 2.24) is 9.78 Å². The zero-order valence-electron chi connectivity index (χ0n) is 19.0. The van der Waals surface area contributed by atoms with E-state index in [4.69, 9.17) is 9.47 Å². The molecule has 0 aliphatic carbocycles. The summed E-state index contributed by atoms with van der Waals surface area (Å²) in [5.74, 6) is -0.739. The van der Waals surface area contributed by atoms with Gasteiger partial charge < -0.3 is 14.8 Å². The van der Waals surface area contributed by atoms with Crippen molar-refractivity contribution in [3.63, 3.8) is 0 Å². The van der Waals surface area contributed by atoms with Crippen molar-refractivity contribution < 1.29 is 19.1 Å². The summed E-state index contributed by atoms with van der Waals surface area (Å²) in [6.45, 7) is 4.33. The number of rotatable bonds is 11. The van der Waals surface area contributed by atoms with Gasteiger partial charge in [0, 0.05) is 11.9 Å². The third-order valence-electron chi connectivity index (χ3n) is 5.08. The lowest BCUT2D eigenvalue weighted by Gasteiger charge is -2.12. The molecule has 174 valence electrons. The number of unbranched alkanes of at least 4 members (excludes halogenated alkanes) is 3. The second-order valence-electron chi connectivity index (χ2n) is 7.54. The predicted molar refractivity (Wildman–Crippen MR) is 127 cm³/mol. The van der Waals surface area contributed by atoms with Crippen LogP contribution in [0.5, 0.6) is 5.75 Å². The van der Waals surface area contributed by atoms with E-state index in [1.165, 1.54) is 4.68 Å². The highest BCUT2D eigenvalue weighted by molar-refractivity contribution is 6.03. The van der Waals surface area contributed by atoms with Crippen LogP contribution in [-0.4, -0.2) is 34.9 Å². The van der Waals surface area contributed by atoms with Crippen LogP contribution in [0.1, 0.15) is 50.0 Å². The molecule has 33 heavy (non-hydrogen) atoms. The van der Waals surface area contributed by atoms with Crippen molar-refractivity contribution in [3.05, 3.63) is 64.6 Å². The van der Waals surface area contributed by atoms with Gasteiger partial charge in [0.25, 0.3) is 11.5 Å². The fourth-order valence-corrected chi connectivity index (χ4v) is 3.46. The number of nitrogens with zero attached hydrogens (tertiary/aromatic N) is 2. The molecule has 3 aromatic rings. The molecule has 3 rings (SSSR count). The van der Waals surface area contributed by atoms with E-state index < -0.39 is 18.5 Å². The van der Waals surface area contributed by atoms with Gasteiger partial charge in [0.15, 0.2) is 12.3 Å². The average molecular weight is 452 g/mol. The Kier molecular flexibility index (Phi) is 8.57. The SMILES string of the molecule is CCCCCCn1nc(C(=O)OCC(=O)Nc2ccccc2OCC)c2ccccc2c1=O. The highest BCUT2D eigenvalue weighted by Crippen LogP contribution is 2.23. The Morgan fingerprint density at radius 2 is 1.70 bits per heavy atom. The first-order chi connectivity index (χ1) is 16.0. The fraction of sp³-hybridized carbons (Fsp3) is 0.360. The highest BCUT2D eigenvalue weighted by atomic mass is 16.5. The van der Waals surface area contributed by atoms with Gasteiger partial charge in [0.1, 0.15) is 5.75 Å². The minimum absolute atomic E-state index is 0.0169. The molecule has 0 saturated heterocycles. The van der Waals surface area contributed by atoms with E-state index in [-0.39, 0.29) is 11.3 Å². The van der Waals surface area contributed by atoms with Gasteiger partial charge in [-0.3, -0.25) is 9.59 Å². The topological polar surface area (TPSA) is 99.5 Å². The number of benzene rings is 2. The molecule has 1 N–H and O–H groups in total. The van der Waals surface area contributed by atoms with Gasteiger partial charge in [-0.05, 0) is 31.5 Å². The van der Waals surface area contributed by atoms with Crippen molar-refractivity contribution in [1.29, 1.82) is 0 Å². The smallest absolute Gasteiger partial charge is 0.359 e.